The lowest BCUT2D eigenvalue weighted by atomic mass is 10.0. The van der Waals surface area contributed by atoms with E-state index in [0.717, 1.165) is 6.54 Å². The average Bonchev–Trinajstić information content (AvgIpc) is 2.43. The maximum absolute atomic E-state index is 3.59. The molecule has 2 aromatic carbocycles. The van der Waals surface area contributed by atoms with Gasteiger partial charge in [-0.1, -0.05) is 43.3 Å². The van der Waals surface area contributed by atoms with Gasteiger partial charge in [0, 0.05) is 17.8 Å². The number of rotatable bonds is 5. The van der Waals surface area contributed by atoms with E-state index in [1.807, 2.05) is 11.8 Å². The van der Waals surface area contributed by atoms with E-state index >= 15 is 0 Å². The lowest BCUT2D eigenvalue weighted by Gasteiger charge is -2.17. The molecule has 18 heavy (non-hydrogen) atoms. The van der Waals surface area contributed by atoms with Crippen LogP contribution in [0.5, 0.6) is 0 Å². The average molecular weight is 259 g/mol. The maximum atomic E-state index is 3.59. The standard InChI is InChI=1S/C16H21NS/c1-12(18-3)11-17-13(2)15-9-8-14-6-4-5-7-16(14)10-15/h4-10,12-13,17H,11H2,1-3H3. The van der Waals surface area contributed by atoms with Crippen LogP contribution in [0.3, 0.4) is 0 Å². The molecule has 2 atom stereocenters. The van der Waals surface area contributed by atoms with E-state index in [1.54, 1.807) is 0 Å². The third-order valence-corrected chi connectivity index (χ3v) is 4.36. The second kappa shape index (κ2) is 6.26. The van der Waals surface area contributed by atoms with Crippen molar-refractivity contribution in [3.05, 3.63) is 48.0 Å². The SMILES string of the molecule is CSC(C)CNC(C)c1ccc2ccccc2c1. The monoisotopic (exact) mass is 259 g/mol. The van der Waals surface area contributed by atoms with Crippen molar-refractivity contribution in [2.45, 2.75) is 25.1 Å². The fraction of sp³-hybridized carbons (Fsp3) is 0.375. The van der Waals surface area contributed by atoms with Crippen LogP contribution in [0.2, 0.25) is 0 Å². The molecule has 2 unspecified atom stereocenters. The summed E-state index contributed by atoms with van der Waals surface area (Å²) in [6, 6.07) is 15.7. The molecule has 0 heterocycles. The lowest BCUT2D eigenvalue weighted by molar-refractivity contribution is 0.576. The van der Waals surface area contributed by atoms with Crippen molar-refractivity contribution in [3.8, 4) is 0 Å². The van der Waals surface area contributed by atoms with Gasteiger partial charge in [0.25, 0.3) is 0 Å². The Hall–Kier alpha value is -0.990. The molecule has 96 valence electrons. The topological polar surface area (TPSA) is 12.0 Å². The van der Waals surface area contributed by atoms with Crippen molar-refractivity contribution in [1.29, 1.82) is 0 Å². The number of thioether (sulfide) groups is 1. The molecule has 0 saturated heterocycles. The smallest absolute Gasteiger partial charge is 0.0292 e. The van der Waals surface area contributed by atoms with Crippen molar-refractivity contribution in [1.82, 2.24) is 5.32 Å². The summed E-state index contributed by atoms with van der Waals surface area (Å²) in [6.45, 7) is 5.54. The predicted octanol–water partition coefficient (Wildman–Crippen LogP) is 4.24. The van der Waals surface area contributed by atoms with Gasteiger partial charge in [0.15, 0.2) is 0 Å². The Bertz CT molecular complexity index is 509. The zero-order valence-electron chi connectivity index (χ0n) is 11.3. The van der Waals surface area contributed by atoms with E-state index in [4.69, 9.17) is 0 Å². The highest BCUT2D eigenvalue weighted by Crippen LogP contribution is 2.20. The van der Waals surface area contributed by atoms with E-state index in [-0.39, 0.29) is 0 Å². The second-order valence-corrected chi connectivity index (χ2v) is 6.06. The summed E-state index contributed by atoms with van der Waals surface area (Å²) >= 11 is 1.90. The quantitative estimate of drug-likeness (QED) is 0.862. The zero-order chi connectivity index (χ0) is 13.0. The Balaban J connectivity index is 2.10. The summed E-state index contributed by atoms with van der Waals surface area (Å²) in [5, 5.41) is 6.89. The van der Waals surface area contributed by atoms with Crippen molar-refractivity contribution in [2.24, 2.45) is 0 Å². The van der Waals surface area contributed by atoms with Crippen LogP contribution >= 0.6 is 11.8 Å². The first-order valence-electron chi connectivity index (χ1n) is 6.45. The van der Waals surface area contributed by atoms with Gasteiger partial charge in [-0.05, 0) is 35.6 Å². The van der Waals surface area contributed by atoms with E-state index in [2.05, 4.69) is 67.9 Å². The molecule has 0 aliphatic heterocycles. The highest BCUT2D eigenvalue weighted by molar-refractivity contribution is 7.99. The molecule has 2 aromatic rings. The van der Waals surface area contributed by atoms with Gasteiger partial charge in [0.1, 0.15) is 0 Å². The normalized spacial score (nSPS) is 14.6. The van der Waals surface area contributed by atoms with Crippen molar-refractivity contribution in [3.63, 3.8) is 0 Å². The molecule has 0 fully saturated rings. The molecule has 0 aliphatic rings. The minimum Gasteiger partial charge on any atom is -0.309 e. The van der Waals surface area contributed by atoms with Gasteiger partial charge in [-0.3, -0.25) is 0 Å². The number of hydrogen-bond donors (Lipinski definition) is 1. The Labute approximate surface area is 114 Å². The van der Waals surface area contributed by atoms with Crippen LogP contribution in [-0.2, 0) is 0 Å². The predicted molar refractivity (Wildman–Crippen MR) is 83.3 cm³/mol. The van der Waals surface area contributed by atoms with Crippen LogP contribution in [0, 0.1) is 0 Å². The van der Waals surface area contributed by atoms with Gasteiger partial charge in [-0.25, -0.2) is 0 Å². The van der Waals surface area contributed by atoms with Crippen molar-refractivity contribution in [2.75, 3.05) is 12.8 Å². The molecule has 0 radical (unpaired) electrons. The summed E-state index contributed by atoms with van der Waals surface area (Å²) in [7, 11) is 0. The van der Waals surface area contributed by atoms with Crippen LogP contribution in [-0.4, -0.2) is 18.1 Å². The number of hydrogen-bond acceptors (Lipinski definition) is 2. The van der Waals surface area contributed by atoms with Crippen LogP contribution in [0.25, 0.3) is 10.8 Å². The molecule has 0 aliphatic carbocycles. The van der Waals surface area contributed by atoms with Gasteiger partial charge < -0.3 is 5.32 Å². The molecule has 2 rings (SSSR count). The lowest BCUT2D eigenvalue weighted by Crippen LogP contribution is -2.25. The van der Waals surface area contributed by atoms with E-state index < -0.39 is 0 Å². The number of nitrogens with one attached hydrogen (secondary N) is 1. The van der Waals surface area contributed by atoms with E-state index in [0.29, 0.717) is 11.3 Å². The summed E-state index contributed by atoms with van der Waals surface area (Å²) in [6.07, 6.45) is 2.16. The second-order valence-electron chi connectivity index (χ2n) is 4.78. The molecule has 0 aromatic heterocycles. The third kappa shape index (κ3) is 3.27. The van der Waals surface area contributed by atoms with Crippen LogP contribution in [0.1, 0.15) is 25.5 Å². The minimum absolute atomic E-state index is 0.407. The maximum Gasteiger partial charge on any atom is 0.0292 e. The molecular weight excluding hydrogens is 238 g/mol. The molecular formula is C16H21NS. The van der Waals surface area contributed by atoms with E-state index in [1.165, 1.54) is 16.3 Å². The van der Waals surface area contributed by atoms with Gasteiger partial charge in [-0.15, -0.1) is 0 Å². The number of fused-ring (bicyclic) bond motifs is 1. The largest absolute Gasteiger partial charge is 0.309 e. The summed E-state index contributed by atoms with van der Waals surface area (Å²) in [4.78, 5) is 0. The number of benzene rings is 2. The first-order chi connectivity index (χ1) is 8.70. The van der Waals surface area contributed by atoms with Crippen LogP contribution in [0.15, 0.2) is 42.5 Å². The zero-order valence-corrected chi connectivity index (χ0v) is 12.1. The van der Waals surface area contributed by atoms with Crippen LogP contribution < -0.4 is 5.32 Å². The fourth-order valence-electron chi connectivity index (χ4n) is 2.02. The highest BCUT2D eigenvalue weighted by Gasteiger charge is 2.07. The molecule has 0 saturated carbocycles. The summed E-state index contributed by atoms with van der Waals surface area (Å²) in [5.41, 5.74) is 1.36. The first kappa shape index (κ1) is 13.4. The molecule has 0 bridgehead atoms. The summed E-state index contributed by atoms with van der Waals surface area (Å²) in [5.74, 6) is 0. The van der Waals surface area contributed by atoms with Crippen LogP contribution in [0.4, 0.5) is 0 Å². The van der Waals surface area contributed by atoms with Gasteiger partial charge in [0.05, 0.1) is 0 Å². The Morgan fingerprint density at radius 3 is 2.50 bits per heavy atom. The van der Waals surface area contributed by atoms with Crippen molar-refractivity contribution < 1.29 is 0 Å². The first-order valence-corrected chi connectivity index (χ1v) is 7.74. The summed E-state index contributed by atoms with van der Waals surface area (Å²) < 4.78 is 0. The Morgan fingerprint density at radius 1 is 1.06 bits per heavy atom. The van der Waals surface area contributed by atoms with E-state index in [9.17, 15) is 0 Å². The molecule has 0 spiro atoms. The molecule has 1 N–H and O–H groups in total. The van der Waals surface area contributed by atoms with Crippen molar-refractivity contribution >= 4 is 22.5 Å². The molecule has 2 heteroatoms. The molecule has 1 nitrogen and oxygen atoms in total. The Morgan fingerprint density at radius 2 is 1.78 bits per heavy atom. The van der Waals surface area contributed by atoms with Gasteiger partial charge in [-0.2, -0.15) is 11.8 Å². The molecule has 0 amide bonds. The fourth-order valence-corrected chi connectivity index (χ4v) is 2.28. The highest BCUT2D eigenvalue weighted by atomic mass is 32.2. The minimum atomic E-state index is 0.407. The third-order valence-electron chi connectivity index (χ3n) is 3.39. The van der Waals surface area contributed by atoms with Gasteiger partial charge in [0.2, 0.25) is 0 Å². The van der Waals surface area contributed by atoms with Gasteiger partial charge >= 0.3 is 0 Å². The Kier molecular flexibility index (Phi) is 4.67.